The molecular formula is C12H20N2O4. The molecule has 2 aliphatic rings. The van der Waals surface area contributed by atoms with Gasteiger partial charge in [0, 0.05) is 20.6 Å². The molecule has 18 heavy (non-hydrogen) atoms. The summed E-state index contributed by atoms with van der Waals surface area (Å²) in [7, 11) is 3.42. The van der Waals surface area contributed by atoms with Crippen LogP contribution in [-0.4, -0.2) is 66.8 Å². The molecule has 0 aromatic heterocycles. The van der Waals surface area contributed by atoms with Crippen molar-refractivity contribution in [3.63, 3.8) is 0 Å². The van der Waals surface area contributed by atoms with Gasteiger partial charge in [-0.1, -0.05) is 0 Å². The van der Waals surface area contributed by atoms with E-state index in [9.17, 15) is 9.59 Å². The third-order valence-electron chi connectivity index (χ3n) is 3.72. The number of carbonyl (C=O) groups is 2. The highest BCUT2D eigenvalue weighted by atomic mass is 16.5. The Bertz CT molecular complexity index is 343. The van der Waals surface area contributed by atoms with Crippen LogP contribution < -0.4 is 0 Å². The van der Waals surface area contributed by atoms with Crippen molar-refractivity contribution in [1.29, 1.82) is 0 Å². The minimum absolute atomic E-state index is 0.122. The van der Waals surface area contributed by atoms with Crippen LogP contribution in [0.15, 0.2) is 0 Å². The Hall–Kier alpha value is -1.30. The summed E-state index contributed by atoms with van der Waals surface area (Å²) >= 11 is 0. The van der Waals surface area contributed by atoms with E-state index in [2.05, 4.69) is 0 Å². The molecule has 6 heteroatoms. The molecule has 1 N–H and O–H groups in total. The van der Waals surface area contributed by atoms with Gasteiger partial charge < -0.3 is 19.6 Å². The van der Waals surface area contributed by atoms with Crippen molar-refractivity contribution in [3.05, 3.63) is 0 Å². The molecule has 2 atom stereocenters. The van der Waals surface area contributed by atoms with Gasteiger partial charge in [-0.3, -0.25) is 4.79 Å². The maximum atomic E-state index is 12.2. The summed E-state index contributed by atoms with van der Waals surface area (Å²) in [6, 6.07) is -0.486. The van der Waals surface area contributed by atoms with Crippen LogP contribution in [0.3, 0.4) is 0 Å². The van der Waals surface area contributed by atoms with E-state index in [1.54, 1.807) is 19.0 Å². The highest BCUT2D eigenvalue weighted by Gasteiger charge is 2.39. The Morgan fingerprint density at radius 2 is 1.94 bits per heavy atom. The first-order valence-electron chi connectivity index (χ1n) is 6.29. The van der Waals surface area contributed by atoms with Gasteiger partial charge in [-0.2, -0.15) is 0 Å². The van der Waals surface area contributed by atoms with Gasteiger partial charge in [0.25, 0.3) is 0 Å². The third-order valence-corrected chi connectivity index (χ3v) is 3.72. The number of carboxylic acid groups (broad SMARTS) is 1. The topological polar surface area (TPSA) is 70.1 Å². The number of carbonyl (C=O) groups excluding carboxylic acids is 1. The Morgan fingerprint density at radius 1 is 1.28 bits per heavy atom. The van der Waals surface area contributed by atoms with Crippen molar-refractivity contribution in [2.45, 2.75) is 18.9 Å². The third kappa shape index (κ3) is 2.75. The number of hydrogen-bond acceptors (Lipinski definition) is 3. The van der Waals surface area contributed by atoms with Gasteiger partial charge in [-0.05, 0) is 18.8 Å². The number of rotatable bonds is 4. The average molecular weight is 256 g/mol. The smallest absolute Gasteiger partial charge is 0.319 e. The lowest BCUT2D eigenvalue weighted by Gasteiger charge is -2.30. The minimum atomic E-state index is -0.901. The minimum Gasteiger partial charge on any atom is -0.481 e. The monoisotopic (exact) mass is 256 g/mol. The summed E-state index contributed by atoms with van der Waals surface area (Å²) in [6.45, 7) is 1.24. The Kier molecular flexibility index (Phi) is 3.75. The number of aliphatic carboxylic acids is 1. The number of amides is 2. The van der Waals surface area contributed by atoms with E-state index >= 15 is 0 Å². The van der Waals surface area contributed by atoms with Crippen LogP contribution in [0.4, 0.5) is 4.79 Å². The van der Waals surface area contributed by atoms with Crippen molar-refractivity contribution in [3.8, 4) is 0 Å². The number of nitrogens with zero attached hydrogens (tertiary/aromatic N) is 2. The lowest BCUT2D eigenvalue weighted by molar-refractivity contribution is -0.142. The maximum absolute atomic E-state index is 12.2. The molecule has 1 aliphatic heterocycles. The zero-order chi connectivity index (χ0) is 13.3. The second kappa shape index (κ2) is 5.14. The van der Waals surface area contributed by atoms with Crippen molar-refractivity contribution >= 4 is 12.0 Å². The van der Waals surface area contributed by atoms with Crippen LogP contribution in [-0.2, 0) is 9.53 Å². The number of urea groups is 1. The molecule has 0 bridgehead atoms. The van der Waals surface area contributed by atoms with Crippen molar-refractivity contribution in [1.82, 2.24) is 9.80 Å². The second-order valence-electron chi connectivity index (χ2n) is 5.27. The number of ether oxygens (including phenoxy) is 1. The van der Waals surface area contributed by atoms with Crippen molar-refractivity contribution < 1.29 is 19.4 Å². The standard InChI is InChI=1S/C12H20N2O4/c1-13(5-8-3-4-8)12(17)14(2)10-7-18-6-9(10)11(15)16/h8-10H,3-7H2,1-2H3,(H,15,16). The Morgan fingerprint density at radius 3 is 2.50 bits per heavy atom. The Labute approximate surface area is 106 Å². The van der Waals surface area contributed by atoms with Gasteiger partial charge in [0.05, 0.1) is 19.3 Å². The molecule has 0 spiro atoms. The fourth-order valence-corrected chi connectivity index (χ4v) is 2.34. The first-order valence-corrected chi connectivity index (χ1v) is 6.29. The Balaban J connectivity index is 1.94. The van der Waals surface area contributed by atoms with E-state index in [4.69, 9.17) is 9.84 Å². The summed E-state index contributed by atoms with van der Waals surface area (Å²) in [4.78, 5) is 26.4. The number of hydrogen-bond donors (Lipinski definition) is 1. The molecule has 2 unspecified atom stereocenters. The van der Waals surface area contributed by atoms with E-state index < -0.39 is 11.9 Å². The van der Waals surface area contributed by atoms with Gasteiger partial charge in [0.2, 0.25) is 0 Å². The molecule has 1 aliphatic carbocycles. The highest BCUT2D eigenvalue weighted by Crippen LogP contribution is 2.30. The number of likely N-dealkylation sites (N-methyl/N-ethyl adjacent to an activating group) is 1. The van der Waals surface area contributed by atoms with Crippen LogP contribution >= 0.6 is 0 Å². The molecule has 2 amide bonds. The fourth-order valence-electron chi connectivity index (χ4n) is 2.34. The van der Waals surface area contributed by atoms with Crippen LogP contribution in [0.25, 0.3) is 0 Å². The lowest BCUT2D eigenvalue weighted by atomic mass is 10.0. The summed E-state index contributed by atoms with van der Waals surface area (Å²) in [5.41, 5.74) is 0. The molecule has 1 saturated heterocycles. The van der Waals surface area contributed by atoms with E-state index in [0.717, 1.165) is 6.54 Å². The van der Waals surface area contributed by atoms with Crippen LogP contribution in [0.2, 0.25) is 0 Å². The quantitative estimate of drug-likeness (QED) is 0.794. The molecule has 6 nitrogen and oxygen atoms in total. The summed E-state index contributed by atoms with van der Waals surface area (Å²) in [5.74, 6) is -0.891. The molecular weight excluding hydrogens is 236 g/mol. The first-order chi connectivity index (χ1) is 8.50. The second-order valence-corrected chi connectivity index (χ2v) is 5.27. The fraction of sp³-hybridized carbons (Fsp3) is 0.833. The largest absolute Gasteiger partial charge is 0.481 e. The van der Waals surface area contributed by atoms with Crippen LogP contribution in [0.5, 0.6) is 0 Å². The van der Waals surface area contributed by atoms with E-state index in [1.165, 1.54) is 17.7 Å². The van der Waals surface area contributed by atoms with E-state index in [0.29, 0.717) is 12.5 Å². The van der Waals surface area contributed by atoms with Gasteiger partial charge in [0.15, 0.2) is 0 Å². The molecule has 0 radical (unpaired) electrons. The maximum Gasteiger partial charge on any atom is 0.319 e. The zero-order valence-electron chi connectivity index (χ0n) is 10.8. The first kappa shape index (κ1) is 13.1. The molecule has 2 fully saturated rings. The van der Waals surface area contributed by atoms with E-state index in [1.807, 2.05) is 0 Å². The van der Waals surface area contributed by atoms with Gasteiger partial charge >= 0.3 is 12.0 Å². The lowest BCUT2D eigenvalue weighted by Crippen LogP contribution is -2.49. The molecule has 2 rings (SSSR count). The summed E-state index contributed by atoms with van der Waals surface area (Å²) < 4.78 is 5.18. The summed E-state index contributed by atoms with van der Waals surface area (Å²) in [5, 5.41) is 9.08. The van der Waals surface area contributed by atoms with Gasteiger partial charge in [-0.25, -0.2) is 4.79 Å². The van der Waals surface area contributed by atoms with Gasteiger partial charge in [-0.15, -0.1) is 0 Å². The zero-order valence-corrected chi connectivity index (χ0v) is 10.8. The predicted octanol–water partition coefficient (Wildman–Crippen LogP) is 0.480. The molecule has 0 aromatic rings. The SMILES string of the molecule is CN(CC1CC1)C(=O)N(C)C1COCC1C(=O)O. The van der Waals surface area contributed by atoms with Crippen molar-refractivity contribution in [2.75, 3.05) is 33.9 Å². The summed E-state index contributed by atoms with van der Waals surface area (Å²) in [6.07, 6.45) is 2.37. The molecule has 0 aromatic carbocycles. The van der Waals surface area contributed by atoms with Gasteiger partial charge in [0.1, 0.15) is 5.92 Å². The highest BCUT2D eigenvalue weighted by molar-refractivity contribution is 5.77. The normalized spacial score (nSPS) is 27.0. The predicted molar refractivity (Wildman–Crippen MR) is 64.2 cm³/mol. The number of carboxylic acids is 1. The average Bonchev–Trinajstić information content (AvgIpc) is 2.99. The van der Waals surface area contributed by atoms with Crippen LogP contribution in [0, 0.1) is 11.8 Å². The molecule has 1 heterocycles. The van der Waals surface area contributed by atoms with Crippen LogP contribution in [0.1, 0.15) is 12.8 Å². The molecule has 1 saturated carbocycles. The van der Waals surface area contributed by atoms with E-state index in [-0.39, 0.29) is 18.7 Å². The molecule has 102 valence electrons. The van der Waals surface area contributed by atoms with Crippen molar-refractivity contribution in [2.24, 2.45) is 11.8 Å².